The second-order valence-corrected chi connectivity index (χ2v) is 8.61. The molecule has 176 valence electrons. The smallest absolute Gasteiger partial charge is 0.300 e. The van der Waals surface area contributed by atoms with E-state index in [1.165, 1.54) is 4.57 Å². The average molecular weight is 468 g/mol. The molecule has 0 bridgehead atoms. The number of hydrogen-bond donors (Lipinski definition) is 0. The highest BCUT2D eigenvalue weighted by atomic mass is 16.2. The summed E-state index contributed by atoms with van der Waals surface area (Å²) in [5.74, 6) is 7.02. The molecule has 4 aromatic rings. The van der Waals surface area contributed by atoms with E-state index >= 15 is 0 Å². The third-order valence-electron chi connectivity index (χ3n) is 6.30. The molecule has 35 heavy (non-hydrogen) atoms. The van der Waals surface area contributed by atoms with Crippen LogP contribution in [0, 0.1) is 11.8 Å². The van der Waals surface area contributed by atoms with E-state index in [4.69, 9.17) is 0 Å². The molecule has 5 rings (SSSR count). The van der Waals surface area contributed by atoms with Crippen LogP contribution in [0.5, 0.6) is 0 Å². The maximum Gasteiger partial charge on any atom is 0.331 e. The summed E-state index contributed by atoms with van der Waals surface area (Å²) in [6.45, 7) is 1.99. The molecule has 9 heteroatoms. The fourth-order valence-electron chi connectivity index (χ4n) is 4.38. The number of hydrogen-bond acceptors (Lipinski definition) is 6. The lowest BCUT2D eigenvalue weighted by Crippen LogP contribution is -2.47. The minimum absolute atomic E-state index is 0.198. The Morgan fingerprint density at radius 2 is 1.77 bits per heavy atom. The Labute approximate surface area is 202 Å². The molecule has 0 aliphatic carbocycles. The van der Waals surface area contributed by atoms with Crippen LogP contribution in [0.1, 0.15) is 22.4 Å². The van der Waals surface area contributed by atoms with E-state index in [1.807, 2.05) is 54.6 Å². The van der Waals surface area contributed by atoms with Gasteiger partial charge in [-0.3, -0.25) is 14.3 Å². The molecule has 0 spiro atoms. The molecule has 0 amide bonds. The van der Waals surface area contributed by atoms with Crippen molar-refractivity contribution in [1.29, 1.82) is 0 Å². The van der Waals surface area contributed by atoms with Crippen molar-refractivity contribution in [3.05, 3.63) is 97.8 Å². The summed E-state index contributed by atoms with van der Waals surface area (Å²) < 4.78 is 4.52. The van der Waals surface area contributed by atoms with Crippen molar-refractivity contribution < 1.29 is 0 Å². The van der Waals surface area contributed by atoms with Gasteiger partial charge in [-0.1, -0.05) is 54.3 Å². The standard InChI is InChI=1S/C26H25N7O2/c1-30-23-14-16-32(15-6-9-19-7-4-3-5-8-19)18-22(23)25(34)33(26(30)35)17-20-10-12-21(13-11-20)24-27-28-29-31(24)2/h3-5,7-8,10-13H,14-18H2,1-2H3. The molecule has 1 aliphatic rings. The van der Waals surface area contributed by atoms with Crippen LogP contribution in [0.3, 0.4) is 0 Å². The van der Waals surface area contributed by atoms with Gasteiger partial charge >= 0.3 is 5.69 Å². The summed E-state index contributed by atoms with van der Waals surface area (Å²) in [6, 6.07) is 17.4. The van der Waals surface area contributed by atoms with Gasteiger partial charge in [-0.25, -0.2) is 9.48 Å². The van der Waals surface area contributed by atoms with Crippen LogP contribution in [-0.2, 0) is 33.6 Å². The Morgan fingerprint density at radius 1 is 1.00 bits per heavy atom. The van der Waals surface area contributed by atoms with Crippen LogP contribution in [0.4, 0.5) is 0 Å². The number of fused-ring (bicyclic) bond motifs is 1. The van der Waals surface area contributed by atoms with Crippen LogP contribution in [0.25, 0.3) is 11.4 Å². The van der Waals surface area contributed by atoms with Crippen molar-refractivity contribution in [1.82, 2.24) is 34.2 Å². The highest BCUT2D eigenvalue weighted by Gasteiger charge is 2.23. The molecule has 0 saturated carbocycles. The lowest BCUT2D eigenvalue weighted by molar-refractivity contribution is 0.275. The monoisotopic (exact) mass is 467 g/mol. The Bertz CT molecular complexity index is 1540. The van der Waals surface area contributed by atoms with Gasteiger partial charge in [0.15, 0.2) is 5.82 Å². The molecule has 0 N–H and O–H groups in total. The topological polar surface area (TPSA) is 90.8 Å². The Kier molecular flexibility index (Phi) is 6.12. The maximum absolute atomic E-state index is 13.4. The molecule has 0 saturated heterocycles. The summed E-state index contributed by atoms with van der Waals surface area (Å²) >= 11 is 0. The zero-order valence-electron chi connectivity index (χ0n) is 19.7. The van der Waals surface area contributed by atoms with E-state index in [-0.39, 0.29) is 17.8 Å². The molecular weight excluding hydrogens is 442 g/mol. The minimum atomic E-state index is -0.298. The summed E-state index contributed by atoms with van der Waals surface area (Å²) in [5.41, 5.74) is 3.63. The van der Waals surface area contributed by atoms with Crippen molar-refractivity contribution in [3.63, 3.8) is 0 Å². The summed E-state index contributed by atoms with van der Waals surface area (Å²) in [7, 11) is 3.52. The zero-order chi connectivity index (χ0) is 24.4. The first kappa shape index (κ1) is 22.5. The largest absolute Gasteiger partial charge is 0.331 e. The van der Waals surface area contributed by atoms with Crippen molar-refractivity contribution in [2.75, 3.05) is 13.1 Å². The molecule has 9 nitrogen and oxygen atoms in total. The molecule has 3 heterocycles. The van der Waals surface area contributed by atoms with Gasteiger partial charge in [0.2, 0.25) is 0 Å². The van der Waals surface area contributed by atoms with Crippen LogP contribution in [0.2, 0.25) is 0 Å². The quantitative estimate of drug-likeness (QED) is 0.419. The number of nitrogens with zero attached hydrogens (tertiary/aromatic N) is 7. The summed E-state index contributed by atoms with van der Waals surface area (Å²) in [5, 5.41) is 11.5. The van der Waals surface area contributed by atoms with Gasteiger partial charge < -0.3 is 4.57 Å². The zero-order valence-corrected chi connectivity index (χ0v) is 19.7. The Balaban J connectivity index is 1.38. The molecule has 0 unspecified atom stereocenters. The van der Waals surface area contributed by atoms with Gasteiger partial charge in [0.25, 0.3) is 5.56 Å². The van der Waals surface area contributed by atoms with Crippen LogP contribution >= 0.6 is 0 Å². The molecular formula is C26H25N7O2. The predicted octanol–water partition coefficient (Wildman–Crippen LogP) is 1.20. The summed E-state index contributed by atoms with van der Waals surface area (Å²) in [6.07, 6.45) is 0.643. The van der Waals surface area contributed by atoms with Crippen LogP contribution in [-0.4, -0.2) is 47.3 Å². The molecule has 1 aliphatic heterocycles. The average Bonchev–Trinajstić information content (AvgIpc) is 3.32. The number of aryl methyl sites for hydroxylation is 1. The highest BCUT2D eigenvalue weighted by molar-refractivity contribution is 5.54. The first-order valence-corrected chi connectivity index (χ1v) is 11.4. The lowest BCUT2D eigenvalue weighted by atomic mass is 10.1. The minimum Gasteiger partial charge on any atom is -0.300 e. The van der Waals surface area contributed by atoms with Gasteiger partial charge in [0.05, 0.1) is 18.7 Å². The fraction of sp³-hybridized carbons (Fsp3) is 0.269. The Morgan fingerprint density at radius 3 is 2.49 bits per heavy atom. The predicted molar refractivity (Wildman–Crippen MR) is 132 cm³/mol. The first-order valence-electron chi connectivity index (χ1n) is 11.4. The van der Waals surface area contributed by atoms with E-state index in [2.05, 4.69) is 32.3 Å². The lowest BCUT2D eigenvalue weighted by Gasteiger charge is -2.28. The van der Waals surface area contributed by atoms with Crippen molar-refractivity contribution in [2.24, 2.45) is 14.1 Å². The van der Waals surface area contributed by atoms with Gasteiger partial charge in [-0.2, -0.15) is 0 Å². The van der Waals surface area contributed by atoms with Gasteiger partial charge in [0, 0.05) is 50.4 Å². The van der Waals surface area contributed by atoms with Crippen LogP contribution in [0.15, 0.2) is 64.2 Å². The molecule has 0 radical (unpaired) electrons. The maximum atomic E-state index is 13.4. The first-order chi connectivity index (χ1) is 17.0. The van der Waals surface area contributed by atoms with Crippen molar-refractivity contribution in [3.8, 4) is 23.2 Å². The van der Waals surface area contributed by atoms with E-state index < -0.39 is 0 Å². The fourth-order valence-corrected chi connectivity index (χ4v) is 4.38. The highest BCUT2D eigenvalue weighted by Crippen LogP contribution is 2.17. The molecule has 0 fully saturated rings. The number of aromatic nitrogens is 6. The second-order valence-electron chi connectivity index (χ2n) is 8.61. The van der Waals surface area contributed by atoms with Crippen molar-refractivity contribution in [2.45, 2.75) is 19.5 Å². The van der Waals surface area contributed by atoms with Crippen LogP contribution < -0.4 is 11.2 Å². The van der Waals surface area contributed by atoms with Gasteiger partial charge in [0.1, 0.15) is 0 Å². The SMILES string of the molecule is Cn1nnnc1-c1ccc(Cn2c(=O)c3c(n(C)c2=O)CCN(CC#Cc2ccccc2)C3)cc1. The number of benzene rings is 2. The van der Waals surface area contributed by atoms with Gasteiger partial charge in [-0.15, -0.1) is 5.10 Å². The normalized spacial score (nSPS) is 13.2. The van der Waals surface area contributed by atoms with E-state index in [0.717, 1.165) is 28.9 Å². The second kappa shape index (κ2) is 9.52. The third kappa shape index (κ3) is 4.56. The van der Waals surface area contributed by atoms with E-state index in [1.54, 1.807) is 23.3 Å². The molecule has 2 aromatic heterocycles. The van der Waals surface area contributed by atoms with Crippen molar-refractivity contribution >= 4 is 0 Å². The number of tetrazole rings is 1. The van der Waals surface area contributed by atoms with Gasteiger partial charge in [-0.05, 0) is 28.1 Å². The molecule has 0 atom stereocenters. The Hall–Kier alpha value is -4.29. The third-order valence-corrected chi connectivity index (χ3v) is 6.30. The van der Waals surface area contributed by atoms with E-state index in [9.17, 15) is 9.59 Å². The summed E-state index contributed by atoms with van der Waals surface area (Å²) in [4.78, 5) is 28.6. The van der Waals surface area contributed by atoms with E-state index in [0.29, 0.717) is 30.9 Å². The number of rotatable bonds is 4. The molecule has 2 aromatic carbocycles.